The molecule has 2 saturated heterocycles. The molecule has 0 saturated carbocycles. The van der Waals surface area contributed by atoms with Gasteiger partial charge in [0.25, 0.3) is 0 Å². The highest BCUT2D eigenvalue weighted by molar-refractivity contribution is 5.51. The first-order valence-electron chi connectivity index (χ1n) is 6.54. The molecule has 17 heavy (non-hydrogen) atoms. The summed E-state index contributed by atoms with van der Waals surface area (Å²) in [5.74, 6) is 0.379. The maximum absolute atomic E-state index is 9.52. The first kappa shape index (κ1) is 10.9. The molecule has 2 fully saturated rings. The van der Waals surface area contributed by atoms with Gasteiger partial charge in [-0.1, -0.05) is 0 Å². The van der Waals surface area contributed by atoms with E-state index in [4.69, 9.17) is 0 Å². The van der Waals surface area contributed by atoms with E-state index in [9.17, 15) is 5.11 Å². The number of nitrogens with one attached hydrogen (secondary N) is 1. The molecule has 92 valence electrons. The summed E-state index contributed by atoms with van der Waals surface area (Å²) < 4.78 is 0. The van der Waals surface area contributed by atoms with Gasteiger partial charge in [0, 0.05) is 24.3 Å². The Morgan fingerprint density at radius 3 is 3.00 bits per heavy atom. The number of aromatic hydroxyl groups is 1. The molecule has 1 aromatic carbocycles. The number of anilines is 1. The minimum absolute atomic E-state index is 0.379. The van der Waals surface area contributed by atoms with Gasteiger partial charge in [0.15, 0.2) is 0 Å². The SMILES string of the molecule is Cc1cc(NC2CCN3CCCC23)ccc1O. The Hall–Kier alpha value is -1.22. The van der Waals surface area contributed by atoms with Gasteiger partial charge in [-0.3, -0.25) is 4.90 Å². The molecule has 2 atom stereocenters. The van der Waals surface area contributed by atoms with E-state index in [-0.39, 0.29) is 0 Å². The van der Waals surface area contributed by atoms with E-state index < -0.39 is 0 Å². The summed E-state index contributed by atoms with van der Waals surface area (Å²) in [6.07, 6.45) is 3.91. The van der Waals surface area contributed by atoms with Crippen molar-refractivity contribution < 1.29 is 5.11 Å². The summed E-state index contributed by atoms with van der Waals surface area (Å²) in [6.45, 7) is 4.45. The number of phenols is 1. The predicted octanol–water partition coefficient (Wildman–Crippen LogP) is 2.35. The minimum Gasteiger partial charge on any atom is -0.508 e. The molecule has 2 aliphatic heterocycles. The van der Waals surface area contributed by atoms with Crippen molar-refractivity contribution in [2.75, 3.05) is 18.4 Å². The van der Waals surface area contributed by atoms with Crippen LogP contribution < -0.4 is 5.32 Å². The Morgan fingerprint density at radius 1 is 1.29 bits per heavy atom. The third-order valence-corrected chi connectivity index (χ3v) is 4.15. The zero-order valence-corrected chi connectivity index (χ0v) is 10.3. The lowest BCUT2D eigenvalue weighted by atomic mass is 10.1. The number of phenolic OH excluding ortho intramolecular Hbond substituents is 1. The molecule has 2 N–H and O–H groups in total. The molecule has 0 amide bonds. The number of benzene rings is 1. The highest BCUT2D eigenvalue weighted by Crippen LogP contribution is 2.30. The molecule has 0 aromatic heterocycles. The minimum atomic E-state index is 0.379. The van der Waals surface area contributed by atoms with Gasteiger partial charge in [-0.2, -0.15) is 0 Å². The molecule has 3 rings (SSSR count). The molecular weight excluding hydrogens is 212 g/mol. The third kappa shape index (κ3) is 2.00. The Morgan fingerprint density at radius 2 is 2.18 bits per heavy atom. The van der Waals surface area contributed by atoms with Crippen molar-refractivity contribution in [3.05, 3.63) is 23.8 Å². The highest BCUT2D eigenvalue weighted by Gasteiger charge is 2.36. The fourth-order valence-corrected chi connectivity index (χ4v) is 3.21. The van der Waals surface area contributed by atoms with Gasteiger partial charge in [-0.05, 0) is 56.5 Å². The molecule has 2 heterocycles. The Labute approximate surface area is 102 Å². The molecule has 2 aliphatic rings. The Kier molecular flexibility index (Phi) is 2.71. The number of fused-ring (bicyclic) bond motifs is 1. The number of rotatable bonds is 2. The Bertz CT molecular complexity index is 419. The van der Waals surface area contributed by atoms with Crippen molar-refractivity contribution in [1.29, 1.82) is 0 Å². The molecular formula is C14H20N2O. The van der Waals surface area contributed by atoms with E-state index in [2.05, 4.69) is 10.2 Å². The molecule has 3 nitrogen and oxygen atoms in total. The normalized spacial score (nSPS) is 28.3. The van der Waals surface area contributed by atoms with E-state index in [1.54, 1.807) is 6.07 Å². The zero-order valence-electron chi connectivity index (χ0n) is 10.3. The summed E-state index contributed by atoms with van der Waals surface area (Å²) >= 11 is 0. The van der Waals surface area contributed by atoms with E-state index in [0.717, 1.165) is 17.3 Å². The van der Waals surface area contributed by atoms with Crippen molar-refractivity contribution in [1.82, 2.24) is 4.90 Å². The largest absolute Gasteiger partial charge is 0.508 e. The van der Waals surface area contributed by atoms with Crippen LogP contribution in [0.25, 0.3) is 0 Å². The first-order chi connectivity index (χ1) is 8.24. The van der Waals surface area contributed by atoms with Crippen LogP contribution in [0, 0.1) is 6.92 Å². The average Bonchev–Trinajstić information content (AvgIpc) is 2.88. The Balaban J connectivity index is 1.72. The summed E-state index contributed by atoms with van der Waals surface area (Å²) in [7, 11) is 0. The highest BCUT2D eigenvalue weighted by atomic mass is 16.3. The van der Waals surface area contributed by atoms with Crippen LogP contribution in [-0.4, -0.2) is 35.2 Å². The quantitative estimate of drug-likeness (QED) is 0.768. The van der Waals surface area contributed by atoms with E-state index in [1.807, 2.05) is 19.1 Å². The van der Waals surface area contributed by atoms with E-state index in [1.165, 1.54) is 32.4 Å². The van der Waals surface area contributed by atoms with Gasteiger partial charge in [-0.25, -0.2) is 0 Å². The van der Waals surface area contributed by atoms with E-state index in [0.29, 0.717) is 11.8 Å². The number of hydrogen-bond acceptors (Lipinski definition) is 3. The molecule has 1 aromatic rings. The molecule has 3 heteroatoms. The third-order valence-electron chi connectivity index (χ3n) is 4.15. The topological polar surface area (TPSA) is 35.5 Å². The van der Waals surface area contributed by atoms with Crippen LogP contribution in [0.3, 0.4) is 0 Å². The zero-order chi connectivity index (χ0) is 11.8. The van der Waals surface area contributed by atoms with Crippen LogP contribution in [0.4, 0.5) is 5.69 Å². The molecule has 0 bridgehead atoms. The summed E-state index contributed by atoms with van der Waals surface area (Å²) in [4.78, 5) is 2.60. The van der Waals surface area contributed by atoms with Crippen LogP contribution in [0.2, 0.25) is 0 Å². The lowest BCUT2D eigenvalue weighted by molar-refractivity contribution is 0.318. The standard InChI is InChI=1S/C14H20N2O/c1-10-9-11(4-5-14(10)17)15-12-6-8-16-7-2-3-13(12)16/h4-5,9,12-13,15,17H,2-3,6-8H2,1H3. The van der Waals surface area contributed by atoms with Crippen LogP contribution >= 0.6 is 0 Å². The van der Waals surface area contributed by atoms with Crippen LogP contribution in [0.5, 0.6) is 5.75 Å². The summed E-state index contributed by atoms with van der Waals surface area (Å²) in [6, 6.07) is 7.09. The molecule has 2 unspecified atom stereocenters. The number of nitrogens with zero attached hydrogens (tertiary/aromatic N) is 1. The van der Waals surface area contributed by atoms with Crippen molar-refractivity contribution in [2.45, 2.75) is 38.3 Å². The second kappa shape index (κ2) is 4.22. The van der Waals surface area contributed by atoms with E-state index >= 15 is 0 Å². The number of aryl methyl sites for hydroxylation is 1. The lowest BCUT2D eigenvalue weighted by Gasteiger charge is -2.22. The van der Waals surface area contributed by atoms with Crippen molar-refractivity contribution in [3.8, 4) is 5.75 Å². The fourth-order valence-electron chi connectivity index (χ4n) is 3.21. The van der Waals surface area contributed by atoms with Gasteiger partial charge >= 0.3 is 0 Å². The van der Waals surface area contributed by atoms with Crippen molar-refractivity contribution in [3.63, 3.8) is 0 Å². The van der Waals surface area contributed by atoms with Gasteiger partial charge in [0.1, 0.15) is 5.75 Å². The second-order valence-corrected chi connectivity index (χ2v) is 5.29. The lowest BCUT2D eigenvalue weighted by Crippen LogP contribution is -2.33. The maximum atomic E-state index is 9.52. The number of hydrogen-bond donors (Lipinski definition) is 2. The van der Waals surface area contributed by atoms with Crippen molar-refractivity contribution >= 4 is 5.69 Å². The maximum Gasteiger partial charge on any atom is 0.118 e. The monoisotopic (exact) mass is 232 g/mol. The van der Waals surface area contributed by atoms with Gasteiger partial charge in [-0.15, -0.1) is 0 Å². The summed E-state index contributed by atoms with van der Waals surface area (Å²) in [5, 5.41) is 13.1. The smallest absolute Gasteiger partial charge is 0.118 e. The summed E-state index contributed by atoms with van der Waals surface area (Å²) in [5.41, 5.74) is 2.08. The molecule has 0 spiro atoms. The van der Waals surface area contributed by atoms with Crippen LogP contribution in [0.15, 0.2) is 18.2 Å². The second-order valence-electron chi connectivity index (χ2n) is 5.29. The van der Waals surface area contributed by atoms with Crippen LogP contribution in [0.1, 0.15) is 24.8 Å². The average molecular weight is 232 g/mol. The molecule has 0 aliphatic carbocycles. The molecule has 0 radical (unpaired) electrons. The van der Waals surface area contributed by atoms with Gasteiger partial charge < -0.3 is 10.4 Å². The van der Waals surface area contributed by atoms with Crippen molar-refractivity contribution in [2.24, 2.45) is 0 Å². The first-order valence-corrected chi connectivity index (χ1v) is 6.54. The predicted molar refractivity (Wildman–Crippen MR) is 69.5 cm³/mol. The van der Waals surface area contributed by atoms with Gasteiger partial charge in [0.2, 0.25) is 0 Å². The van der Waals surface area contributed by atoms with Crippen LogP contribution in [-0.2, 0) is 0 Å². The van der Waals surface area contributed by atoms with Gasteiger partial charge in [0.05, 0.1) is 0 Å². The fraction of sp³-hybridized carbons (Fsp3) is 0.571.